The van der Waals surface area contributed by atoms with Crippen molar-refractivity contribution in [3.05, 3.63) is 36.1 Å². The number of rotatable bonds is 4. The fraction of sp³-hybridized carbons (Fsp3) is 0.333. The highest BCUT2D eigenvalue weighted by Gasteiger charge is 2.35. The maximum absolute atomic E-state index is 5.45. The molecule has 10 heteroatoms. The second kappa shape index (κ2) is 6.48. The van der Waals surface area contributed by atoms with Gasteiger partial charge in [-0.1, -0.05) is 12.1 Å². The Morgan fingerprint density at radius 2 is 2.14 bits per heavy atom. The van der Waals surface area contributed by atoms with Gasteiger partial charge < -0.3 is 9.42 Å². The maximum atomic E-state index is 5.45. The van der Waals surface area contributed by atoms with Gasteiger partial charge in [0.05, 0.1) is 24.0 Å². The molecule has 1 atom stereocenters. The van der Waals surface area contributed by atoms with Crippen LogP contribution in [-0.4, -0.2) is 40.9 Å². The third kappa shape index (κ3) is 2.44. The number of hydrogen-bond acceptors (Lipinski definition) is 9. The standard InChI is InChI=1S/C18H18N8OS/c1-4-12-17-24-21-9-25(17)13-8-20-15(23-16(13)26(12)10(2)3)11-7-22-27-14(11)18-19-5-6-28-18/h5-10,12H,4H2,1-3H3/t12-/m1/s1. The van der Waals surface area contributed by atoms with Crippen LogP contribution in [0.2, 0.25) is 0 Å². The van der Waals surface area contributed by atoms with Gasteiger partial charge in [-0.2, -0.15) is 0 Å². The molecular weight excluding hydrogens is 376 g/mol. The highest BCUT2D eigenvalue weighted by molar-refractivity contribution is 7.13. The number of anilines is 1. The Labute approximate surface area is 165 Å². The first kappa shape index (κ1) is 17.0. The molecule has 0 saturated heterocycles. The zero-order valence-corrected chi connectivity index (χ0v) is 16.5. The quantitative estimate of drug-likeness (QED) is 0.518. The molecule has 4 aromatic rings. The van der Waals surface area contributed by atoms with Crippen LogP contribution in [-0.2, 0) is 0 Å². The molecule has 4 aromatic heterocycles. The van der Waals surface area contributed by atoms with Gasteiger partial charge in [0, 0.05) is 17.6 Å². The summed E-state index contributed by atoms with van der Waals surface area (Å²) < 4.78 is 7.42. The van der Waals surface area contributed by atoms with Crippen molar-refractivity contribution in [1.29, 1.82) is 0 Å². The number of hydrogen-bond donors (Lipinski definition) is 0. The van der Waals surface area contributed by atoms with Crippen LogP contribution in [0.3, 0.4) is 0 Å². The Hall–Kier alpha value is -3.14. The molecule has 5 rings (SSSR count). The van der Waals surface area contributed by atoms with E-state index in [1.54, 1.807) is 18.7 Å². The number of aromatic nitrogens is 7. The Balaban J connectivity index is 1.69. The predicted molar refractivity (Wildman–Crippen MR) is 104 cm³/mol. The minimum absolute atomic E-state index is 0.0960. The molecule has 0 N–H and O–H groups in total. The average Bonchev–Trinajstić information content (AvgIpc) is 3.46. The van der Waals surface area contributed by atoms with Crippen molar-refractivity contribution in [2.45, 2.75) is 39.3 Å². The monoisotopic (exact) mass is 394 g/mol. The second-order valence-corrected chi connectivity index (χ2v) is 7.69. The minimum atomic E-state index is 0.0960. The zero-order chi connectivity index (χ0) is 19.3. The van der Waals surface area contributed by atoms with Gasteiger partial charge in [0.25, 0.3) is 0 Å². The molecular formula is C18H18N8OS. The molecule has 0 fully saturated rings. The molecule has 9 nitrogen and oxygen atoms in total. The lowest BCUT2D eigenvalue weighted by Crippen LogP contribution is -2.40. The molecule has 0 aliphatic carbocycles. The molecule has 0 aromatic carbocycles. The lowest BCUT2D eigenvalue weighted by atomic mass is 10.1. The van der Waals surface area contributed by atoms with Gasteiger partial charge in [-0.3, -0.25) is 4.57 Å². The van der Waals surface area contributed by atoms with Crippen LogP contribution in [0, 0.1) is 0 Å². The fourth-order valence-corrected chi connectivity index (χ4v) is 4.28. The van der Waals surface area contributed by atoms with Crippen molar-refractivity contribution < 1.29 is 4.52 Å². The molecule has 142 valence electrons. The minimum Gasteiger partial charge on any atom is -0.353 e. The summed E-state index contributed by atoms with van der Waals surface area (Å²) in [7, 11) is 0. The Morgan fingerprint density at radius 3 is 2.89 bits per heavy atom. The Bertz CT molecular complexity index is 1120. The van der Waals surface area contributed by atoms with E-state index < -0.39 is 0 Å². The smallest absolute Gasteiger partial charge is 0.206 e. The van der Waals surface area contributed by atoms with Gasteiger partial charge in [0.2, 0.25) is 5.76 Å². The van der Waals surface area contributed by atoms with E-state index in [4.69, 9.17) is 9.51 Å². The Morgan fingerprint density at radius 1 is 1.25 bits per heavy atom. The van der Waals surface area contributed by atoms with Gasteiger partial charge in [-0.15, -0.1) is 21.5 Å². The van der Waals surface area contributed by atoms with Crippen LogP contribution in [0.4, 0.5) is 5.82 Å². The summed E-state index contributed by atoms with van der Waals surface area (Å²) in [6.45, 7) is 6.45. The lowest BCUT2D eigenvalue weighted by Gasteiger charge is -2.39. The summed E-state index contributed by atoms with van der Waals surface area (Å²) in [5.74, 6) is 2.90. The summed E-state index contributed by atoms with van der Waals surface area (Å²) >= 11 is 1.49. The number of fused-ring (bicyclic) bond motifs is 3. The Kier molecular flexibility index (Phi) is 3.93. The van der Waals surface area contributed by atoms with E-state index in [1.165, 1.54) is 11.3 Å². The third-order valence-corrected chi connectivity index (χ3v) is 5.61. The average molecular weight is 394 g/mol. The molecule has 1 aliphatic rings. The van der Waals surface area contributed by atoms with E-state index in [-0.39, 0.29) is 12.1 Å². The fourth-order valence-electron chi connectivity index (χ4n) is 3.66. The number of nitrogens with zero attached hydrogens (tertiary/aromatic N) is 8. The second-order valence-electron chi connectivity index (χ2n) is 6.79. The first-order valence-corrected chi connectivity index (χ1v) is 9.97. The van der Waals surface area contributed by atoms with Crippen molar-refractivity contribution in [2.24, 2.45) is 0 Å². The highest BCUT2D eigenvalue weighted by Crippen LogP contribution is 2.40. The summed E-state index contributed by atoms with van der Waals surface area (Å²) in [5.41, 5.74) is 1.60. The lowest BCUT2D eigenvalue weighted by molar-refractivity contribution is 0.432. The molecule has 0 amide bonds. The van der Waals surface area contributed by atoms with Crippen LogP contribution >= 0.6 is 11.3 Å². The zero-order valence-electron chi connectivity index (χ0n) is 15.6. The van der Waals surface area contributed by atoms with E-state index in [0.29, 0.717) is 11.6 Å². The maximum Gasteiger partial charge on any atom is 0.206 e. The molecule has 0 spiro atoms. The van der Waals surface area contributed by atoms with Crippen molar-refractivity contribution >= 4 is 17.2 Å². The van der Waals surface area contributed by atoms with Crippen molar-refractivity contribution in [3.63, 3.8) is 0 Å². The van der Waals surface area contributed by atoms with Gasteiger partial charge >= 0.3 is 0 Å². The van der Waals surface area contributed by atoms with Gasteiger partial charge in [0.1, 0.15) is 12.0 Å². The van der Waals surface area contributed by atoms with Crippen LogP contribution in [0.5, 0.6) is 0 Å². The van der Waals surface area contributed by atoms with Crippen LogP contribution in [0.1, 0.15) is 39.1 Å². The molecule has 5 heterocycles. The summed E-state index contributed by atoms with van der Waals surface area (Å²) in [6.07, 6.45) is 7.80. The van der Waals surface area contributed by atoms with E-state index in [1.807, 2.05) is 16.1 Å². The van der Waals surface area contributed by atoms with Crippen molar-refractivity contribution in [2.75, 3.05) is 4.90 Å². The highest BCUT2D eigenvalue weighted by atomic mass is 32.1. The molecule has 1 aliphatic heterocycles. The van der Waals surface area contributed by atoms with Gasteiger partial charge in [-0.05, 0) is 20.3 Å². The summed E-state index contributed by atoms with van der Waals surface area (Å²) in [6, 6.07) is 0.330. The largest absolute Gasteiger partial charge is 0.353 e. The van der Waals surface area contributed by atoms with Crippen LogP contribution in [0.15, 0.2) is 34.8 Å². The summed E-state index contributed by atoms with van der Waals surface area (Å²) in [4.78, 5) is 16.1. The van der Waals surface area contributed by atoms with E-state index in [2.05, 4.69) is 51.0 Å². The SMILES string of the molecule is CC[C@@H]1c2nncn2-c2cnc(-c3cnoc3-c3nccs3)nc2N1C(C)C. The molecule has 0 bridgehead atoms. The third-order valence-electron chi connectivity index (χ3n) is 4.84. The summed E-state index contributed by atoms with van der Waals surface area (Å²) in [5, 5.41) is 15.1. The first-order valence-electron chi connectivity index (χ1n) is 9.09. The van der Waals surface area contributed by atoms with Gasteiger partial charge in [-0.25, -0.2) is 15.0 Å². The molecule has 0 radical (unpaired) electrons. The van der Waals surface area contributed by atoms with Gasteiger partial charge in [0.15, 0.2) is 22.5 Å². The molecule has 0 saturated carbocycles. The van der Waals surface area contributed by atoms with Crippen molar-refractivity contribution in [1.82, 2.24) is 34.9 Å². The normalized spacial score (nSPS) is 15.7. The topological polar surface area (TPSA) is 98.6 Å². The van der Waals surface area contributed by atoms with Crippen LogP contribution < -0.4 is 4.90 Å². The van der Waals surface area contributed by atoms with E-state index >= 15 is 0 Å². The molecule has 0 unspecified atom stereocenters. The van der Waals surface area contributed by atoms with Crippen LogP contribution in [0.25, 0.3) is 27.8 Å². The molecule has 28 heavy (non-hydrogen) atoms. The number of thiazole rings is 1. The first-order chi connectivity index (χ1) is 13.7. The van der Waals surface area contributed by atoms with E-state index in [0.717, 1.165) is 34.3 Å². The predicted octanol–water partition coefficient (Wildman–Crippen LogP) is 3.52. The van der Waals surface area contributed by atoms with E-state index in [9.17, 15) is 0 Å². The van der Waals surface area contributed by atoms with Crippen molar-refractivity contribution in [3.8, 4) is 27.8 Å².